The molecule has 1 atom stereocenters. The molecule has 1 unspecified atom stereocenters. The first-order valence-electron chi connectivity index (χ1n) is 10.7. The first-order chi connectivity index (χ1) is 16.1. The first-order valence-corrected chi connectivity index (χ1v) is 11.5. The Morgan fingerprint density at radius 1 is 1.03 bits per heavy atom. The summed E-state index contributed by atoms with van der Waals surface area (Å²) in [6, 6.07) is 14.5. The quantitative estimate of drug-likeness (QED) is 0.345. The van der Waals surface area contributed by atoms with Crippen LogP contribution in [0.1, 0.15) is 47.7 Å². The van der Waals surface area contributed by atoms with Gasteiger partial charge in [0, 0.05) is 16.8 Å². The van der Waals surface area contributed by atoms with E-state index >= 15 is 0 Å². The number of carboxylic acid groups (broad SMARTS) is 1. The van der Waals surface area contributed by atoms with Gasteiger partial charge in [-0.1, -0.05) is 54.7 Å². The zero-order valence-corrected chi connectivity index (χ0v) is 20.5. The van der Waals surface area contributed by atoms with Crippen LogP contribution in [0.15, 0.2) is 54.6 Å². The summed E-state index contributed by atoms with van der Waals surface area (Å²) < 4.78 is 5.91. The van der Waals surface area contributed by atoms with Crippen molar-refractivity contribution in [2.45, 2.75) is 33.1 Å². The minimum atomic E-state index is -1.19. The van der Waals surface area contributed by atoms with Gasteiger partial charge in [0.2, 0.25) is 0 Å². The Kier molecular flexibility index (Phi) is 8.07. The van der Waals surface area contributed by atoms with Crippen LogP contribution in [0.2, 0.25) is 10.0 Å². The van der Waals surface area contributed by atoms with Gasteiger partial charge in [-0.05, 0) is 61.7 Å². The van der Waals surface area contributed by atoms with Crippen molar-refractivity contribution < 1.29 is 24.5 Å². The fourth-order valence-electron chi connectivity index (χ4n) is 3.40. The zero-order valence-electron chi connectivity index (χ0n) is 19.0. The normalized spacial score (nSPS) is 11.7. The van der Waals surface area contributed by atoms with E-state index in [9.17, 15) is 19.8 Å². The van der Waals surface area contributed by atoms with Crippen LogP contribution in [0, 0.1) is 6.92 Å². The van der Waals surface area contributed by atoms with Gasteiger partial charge in [0.1, 0.15) is 18.0 Å². The second kappa shape index (κ2) is 10.8. The van der Waals surface area contributed by atoms with E-state index in [2.05, 4.69) is 0 Å². The minimum Gasteiger partial charge on any atom is -0.508 e. The van der Waals surface area contributed by atoms with Crippen molar-refractivity contribution in [2.24, 2.45) is 0 Å². The second-order valence-corrected chi connectivity index (χ2v) is 8.84. The van der Waals surface area contributed by atoms with Gasteiger partial charge in [-0.2, -0.15) is 0 Å². The molecule has 6 nitrogen and oxygen atoms in total. The lowest BCUT2D eigenvalue weighted by atomic mass is 9.97. The fourth-order valence-corrected chi connectivity index (χ4v) is 3.95. The molecular weight excluding hydrogens is 477 g/mol. The predicted octanol–water partition coefficient (Wildman–Crippen LogP) is 7.04. The summed E-state index contributed by atoms with van der Waals surface area (Å²) in [5.41, 5.74) is 2.27. The third-order valence-corrected chi connectivity index (χ3v) is 6.06. The van der Waals surface area contributed by atoms with E-state index in [0.717, 1.165) is 22.4 Å². The number of aryl methyl sites for hydroxylation is 1. The molecule has 0 spiro atoms. The third kappa shape index (κ3) is 5.82. The van der Waals surface area contributed by atoms with Crippen molar-refractivity contribution in [1.29, 1.82) is 0 Å². The van der Waals surface area contributed by atoms with Crippen LogP contribution in [0.5, 0.6) is 17.2 Å². The average molecular weight is 502 g/mol. The number of halogens is 2. The third-order valence-electron chi connectivity index (χ3n) is 5.49. The summed E-state index contributed by atoms with van der Waals surface area (Å²) in [5.74, 6) is -0.800. The second-order valence-electron chi connectivity index (χ2n) is 8.02. The standard InChI is InChI=1S/C26H25Cl2NO5/c1-4-16(3)20-13-19(9-10-23(20)30)34-25-21(27)11-18(12-22(25)28)29(14-24(31)32)26(33)17-7-5-15(2)6-8-17/h5-13,16,30H,4,14H2,1-3H3,(H,31,32). The summed E-state index contributed by atoms with van der Waals surface area (Å²) in [5, 5.41) is 19.7. The molecule has 0 saturated carbocycles. The van der Waals surface area contributed by atoms with Crippen molar-refractivity contribution in [1.82, 2.24) is 0 Å². The van der Waals surface area contributed by atoms with Crippen LogP contribution in [0.4, 0.5) is 5.69 Å². The molecule has 34 heavy (non-hydrogen) atoms. The molecule has 0 aliphatic heterocycles. The SMILES string of the molecule is CCC(C)c1cc(Oc2c(Cl)cc(N(CC(=O)O)C(=O)c3ccc(C)cc3)cc2Cl)ccc1O. The summed E-state index contributed by atoms with van der Waals surface area (Å²) >= 11 is 12.9. The van der Waals surface area contributed by atoms with Crippen molar-refractivity contribution in [3.63, 3.8) is 0 Å². The summed E-state index contributed by atoms with van der Waals surface area (Å²) in [6.07, 6.45) is 0.835. The van der Waals surface area contributed by atoms with Crippen LogP contribution in [0.25, 0.3) is 0 Å². The van der Waals surface area contributed by atoms with Crippen molar-refractivity contribution in [3.05, 3.63) is 81.3 Å². The molecule has 0 aliphatic rings. The molecule has 0 bridgehead atoms. The number of carboxylic acids is 1. The van der Waals surface area contributed by atoms with E-state index in [1.54, 1.807) is 42.5 Å². The number of carbonyl (C=O) groups is 2. The maximum absolute atomic E-state index is 13.1. The van der Waals surface area contributed by atoms with Gasteiger partial charge < -0.3 is 14.9 Å². The van der Waals surface area contributed by atoms with Gasteiger partial charge in [0.25, 0.3) is 5.91 Å². The highest BCUT2D eigenvalue weighted by molar-refractivity contribution is 6.37. The summed E-state index contributed by atoms with van der Waals surface area (Å²) in [7, 11) is 0. The number of benzene rings is 3. The number of aromatic hydroxyl groups is 1. The largest absolute Gasteiger partial charge is 0.508 e. The number of rotatable bonds is 8. The summed E-state index contributed by atoms with van der Waals surface area (Å²) in [4.78, 5) is 25.7. The Hall–Kier alpha value is -3.22. The number of hydrogen-bond donors (Lipinski definition) is 2. The molecule has 178 valence electrons. The number of phenolic OH excluding ortho intramolecular Hbond substituents is 1. The monoisotopic (exact) mass is 501 g/mol. The smallest absolute Gasteiger partial charge is 0.323 e. The van der Waals surface area contributed by atoms with Crippen LogP contribution in [-0.4, -0.2) is 28.6 Å². The highest BCUT2D eigenvalue weighted by Crippen LogP contribution is 2.41. The lowest BCUT2D eigenvalue weighted by Crippen LogP contribution is -2.35. The van der Waals surface area contributed by atoms with E-state index in [1.165, 1.54) is 12.1 Å². The van der Waals surface area contributed by atoms with Gasteiger partial charge in [-0.3, -0.25) is 14.5 Å². The van der Waals surface area contributed by atoms with E-state index < -0.39 is 18.4 Å². The number of phenols is 1. The van der Waals surface area contributed by atoms with Crippen molar-refractivity contribution >= 4 is 40.8 Å². The van der Waals surface area contributed by atoms with E-state index in [4.69, 9.17) is 27.9 Å². The highest BCUT2D eigenvalue weighted by Gasteiger charge is 2.23. The van der Waals surface area contributed by atoms with Gasteiger partial charge >= 0.3 is 5.97 Å². The van der Waals surface area contributed by atoms with Gasteiger partial charge in [-0.25, -0.2) is 0 Å². The number of anilines is 1. The molecule has 0 aliphatic carbocycles. The van der Waals surface area contributed by atoms with Crippen LogP contribution >= 0.6 is 23.2 Å². The lowest BCUT2D eigenvalue weighted by Gasteiger charge is -2.23. The van der Waals surface area contributed by atoms with Crippen molar-refractivity contribution in [2.75, 3.05) is 11.4 Å². The number of ether oxygens (including phenoxy) is 1. The first kappa shape index (κ1) is 25.4. The predicted molar refractivity (Wildman–Crippen MR) is 134 cm³/mol. The molecule has 0 radical (unpaired) electrons. The minimum absolute atomic E-state index is 0.104. The topological polar surface area (TPSA) is 87.1 Å². The maximum atomic E-state index is 13.1. The van der Waals surface area contributed by atoms with Gasteiger partial charge in [-0.15, -0.1) is 0 Å². The van der Waals surface area contributed by atoms with E-state index in [1.807, 2.05) is 20.8 Å². The number of hydrogen-bond acceptors (Lipinski definition) is 4. The molecule has 0 heterocycles. The molecule has 2 N–H and O–H groups in total. The molecule has 3 aromatic carbocycles. The molecule has 3 aromatic rings. The Bertz CT molecular complexity index is 1190. The van der Waals surface area contributed by atoms with Gasteiger partial charge in [0.15, 0.2) is 5.75 Å². The van der Waals surface area contributed by atoms with Crippen LogP contribution < -0.4 is 9.64 Å². The number of aliphatic carboxylic acids is 1. The van der Waals surface area contributed by atoms with E-state index in [-0.39, 0.29) is 33.1 Å². The Balaban J connectivity index is 1.96. The molecule has 0 saturated heterocycles. The Labute approximate surface area is 208 Å². The molecule has 0 fully saturated rings. The maximum Gasteiger partial charge on any atom is 0.323 e. The molecule has 8 heteroatoms. The van der Waals surface area contributed by atoms with Crippen LogP contribution in [0.3, 0.4) is 0 Å². The highest BCUT2D eigenvalue weighted by atomic mass is 35.5. The zero-order chi connectivity index (χ0) is 25.0. The van der Waals surface area contributed by atoms with E-state index in [0.29, 0.717) is 11.3 Å². The molecular formula is C26H25Cl2NO5. The molecule has 3 rings (SSSR count). The molecule has 0 aromatic heterocycles. The average Bonchev–Trinajstić information content (AvgIpc) is 2.80. The summed E-state index contributed by atoms with van der Waals surface area (Å²) in [6.45, 7) is 5.33. The molecule has 1 amide bonds. The Morgan fingerprint density at radius 3 is 2.21 bits per heavy atom. The number of amides is 1. The number of nitrogens with zero attached hydrogens (tertiary/aromatic N) is 1. The lowest BCUT2D eigenvalue weighted by molar-refractivity contribution is -0.135. The number of carbonyl (C=O) groups excluding carboxylic acids is 1. The van der Waals surface area contributed by atoms with Crippen molar-refractivity contribution in [3.8, 4) is 17.2 Å². The van der Waals surface area contributed by atoms with Gasteiger partial charge in [0.05, 0.1) is 10.0 Å². The van der Waals surface area contributed by atoms with Crippen LogP contribution in [-0.2, 0) is 4.79 Å². The Morgan fingerprint density at radius 2 is 1.65 bits per heavy atom. The fraction of sp³-hybridized carbons (Fsp3) is 0.231.